The number of amides is 1. The molecule has 0 saturated heterocycles. The molecule has 22 heavy (non-hydrogen) atoms. The third-order valence-corrected chi connectivity index (χ3v) is 4.02. The predicted octanol–water partition coefficient (Wildman–Crippen LogP) is 2.20. The largest absolute Gasteiger partial charge is 0.368 e. The Labute approximate surface area is 133 Å². The molecule has 0 radical (unpaired) electrons. The summed E-state index contributed by atoms with van der Waals surface area (Å²) in [4.78, 5) is 30.2. The second-order valence-electron chi connectivity index (χ2n) is 4.79. The lowest BCUT2D eigenvalue weighted by Gasteiger charge is -2.25. The number of hydrogen-bond acceptors (Lipinski definition) is 6. The molecule has 3 N–H and O–H groups in total. The lowest BCUT2D eigenvalue weighted by molar-refractivity contribution is -0.384. The minimum Gasteiger partial charge on any atom is -0.368 e. The molecule has 1 unspecified atom stereocenters. The smallest absolute Gasteiger partial charge is 0.269 e. The standard InChI is InChI=1S/C13H10BrN5O3/c14-11-10-8(6-1-3-7(4-2-6)19(21)22)5-9(20)16-12(10)18-13(15)17-11/h1-4,8H,5H2,(H3,15,16,17,18,20). The van der Waals surface area contributed by atoms with Crippen LogP contribution in [0.4, 0.5) is 17.5 Å². The van der Waals surface area contributed by atoms with Crippen LogP contribution >= 0.6 is 15.9 Å². The number of fused-ring (bicyclic) bond motifs is 1. The van der Waals surface area contributed by atoms with Crippen LogP contribution in [-0.2, 0) is 4.79 Å². The zero-order valence-corrected chi connectivity index (χ0v) is 12.7. The molecule has 0 bridgehead atoms. The second kappa shape index (κ2) is 5.34. The molecular formula is C13H10BrN5O3. The van der Waals surface area contributed by atoms with Gasteiger partial charge in [-0.05, 0) is 21.5 Å². The van der Waals surface area contributed by atoms with Crippen LogP contribution in [0.1, 0.15) is 23.5 Å². The van der Waals surface area contributed by atoms with E-state index in [1.54, 1.807) is 12.1 Å². The molecular weight excluding hydrogens is 354 g/mol. The normalized spacial score (nSPS) is 16.8. The van der Waals surface area contributed by atoms with Crippen LogP contribution in [0, 0.1) is 10.1 Å². The number of halogens is 1. The number of benzene rings is 1. The number of rotatable bonds is 2. The van der Waals surface area contributed by atoms with Crippen LogP contribution < -0.4 is 11.1 Å². The summed E-state index contributed by atoms with van der Waals surface area (Å²) in [6.45, 7) is 0. The highest BCUT2D eigenvalue weighted by Gasteiger charge is 2.31. The minimum atomic E-state index is -0.467. The van der Waals surface area contributed by atoms with Gasteiger partial charge >= 0.3 is 0 Å². The van der Waals surface area contributed by atoms with Gasteiger partial charge in [-0.25, -0.2) is 4.98 Å². The van der Waals surface area contributed by atoms with Gasteiger partial charge in [-0.3, -0.25) is 14.9 Å². The molecule has 0 saturated carbocycles. The van der Waals surface area contributed by atoms with Gasteiger partial charge in [-0.15, -0.1) is 0 Å². The summed E-state index contributed by atoms with van der Waals surface area (Å²) < 4.78 is 0.498. The van der Waals surface area contributed by atoms with Crippen molar-refractivity contribution < 1.29 is 9.72 Å². The molecule has 1 aromatic heterocycles. The number of carbonyl (C=O) groups is 1. The van der Waals surface area contributed by atoms with E-state index in [0.29, 0.717) is 16.0 Å². The molecule has 3 rings (SSSR count). The van der Waals surface area contributed by atoms with E-state index in [1.807, 2.05) is 0 Å². The second-order valence-corrected chi connectivity index (χ2v) is 5.54. The van der Waals surface area contributed by atoms with Gasteiger partial charge in [-0.2, -0.15) is 4.98 Å². The zero-order chi connectivity index (χ0) is 15.9. The molecule has 2 heterocycles. The number of aromatic nitrogens is 2. The zero-order valence-electron chi connectivity index (χ0n) is 11.1. The third-order valence-electron chi connectivity index (χ3n) is 3.42. The van der Waals surface area contributed by atoms with Crippen molar-refractivity contribution in [3.05, 3.63) is 50.1 Å². The Bertz CT molecular complexity index is 778. The molecule has 8 nitrogen and oxygen atoms in total. The predicted molar refractivity (Wildman–Crippen MR) is 82.3 cm³/mol. The molecule has 0 aliphatic carbocycles. The maximum absolute atomic E-state index is 11.9. The quantitative estimate of drug-likeness (QED) is 0.478. The average Bonchev–Trinajstić information content (AvgIpc) is 2.45. The fraction of sp³-hybridized carbons (Fsp3) is 0.154. The van der Waals surface area contributed by atoms with E-state index in [9.17, 15) is 14.9 Å². The van der Waals surface area contributed by atoms with E-state index < -0.39 is 4.92 Å². The maximum Gasteiger partial charge on any atom is 0.269 e. The topological polar surface area (TPSA) is 124 Å². The van der Waals surface area contributed by atoms with Crippen LogP contribution in [0.25, 0.3) is 0 Å². The van der Waals surface area contributed by atoms with Crippen molar-refractivity contribution in [3.63, 3.8) is 0 Å². The van der Waals surface area contributed by atoms with Crippen LogP contribution in [0.15, 0.2) is 28.9 Å². The first kappa shape index (κ1) is 14.4. The molecule has 0 spiro atoms. The molecule has 0 fully saturated rings. The van der Waals surface area contributed by atoms with Gasteiger partial charge in [0, 0.05) is 30.0 Å². The first-order valence-electron chi connectivity index (χ1n) is 6.33. The fourth-order valence-electron chi connectivity index (χ4n) is 2.45. The van der Waals surface area contributed by atoms with E-state index in [0.717, 1.165) is 5.56 Å². The summed E-state index contributed by atoms with van der Waals surface area (Å²) in [5.74, 6) is -0.0744. The number of nitrogens with one attached hydrogen (secondary N) is 1. The van der Waals surface area contributed by atoms with E-state index in [2.05, 4.69) is 31.2 Å². The van der Waals surface area contributed by atoms with Crippen molar-refractivity contribution in [3.8, 4) is 0 Å². The Hall–Kier alpha value is -2.55. The maximum atomic E-state index is 11.9. The first-order chi connectivity index (χ1) is 10.5. The lowest BCUT2D eigenvalue weighted by Crippen LogP contribution is -2.25. The van der Waals surface area contributed by atoms with Gasteiger partial charge < -0.3 is 11.1 Å². The van der Waals surface area contributed by atoms with Crippen molar-refractivity contribution in [2.45, 2.75) is 12.3 Å². The fourth-order valence-corrected chi connectivity index (χ4v) is 3.09. The Balaban J connectivity index is 2.09. The molecule has 1 atom stereocenters. The minimum absolute atomic E-state index is 0.00291. The lowest BCUT2D eigenvalue weighted by atomic mass is 9.87. The van der Waals surface area contributed by atoms with E-state index in [1.165, 1.54) is 12.1 Å². The summed E-state index contributed by atoms with van der Waals surface area (Å²) in [5, 5.41) is 13.4. The number of nitro groups is 1. The van der Waals surface area contributed by atoms with Crippen molar-refractivity contribution in [2.75, 3.05) is 11.1 Å². The van der Waals surface area contributed by atoms with E-state index in [4.69, 9.17) is 5.73 Å². The van der Waals surface area contributed by atoms with Gasteiger partial charge in [0.2, 0.25) is 11.9 Å². The number of nitrogens with two attached hydrogens (primary N) is 1. The summed E-state index contributed by atoms with van der Waals surface area (Å²) in [6.07, 6.45) is 0.205. The van der Waals surface area contributed by atoms with E-state index in [-0.39, 0.29) is 29.9 Å². The van der Waals surface area contributed by atoms with Crippen molar-refractivity contribution in [2.24, 2.45) is 0 Å². The number of carbonyl (C=O) groups excluding carboxylic acids is 1. The van der Waals surface area contributed by atoms with Crippen molar-refractivity contribution in [1.82, 2.24) is 9.97 Å². The summed E-state index contributed by atoms with van der Waals surface area (Å²) in [5.41, 5.74) is 7.07. The Morgan fingerprint density at radius 1 is 1.32 bits per heavy atom. The van der Waals surface area contributed by atoms with Crippen LogP contribution in [0.3, 0.4) is 0 Å². The molecule has 9 heteroatoms. The summed E-state index contributed by atoms with van der Waals surface area (Å²) >= 11 is 3.34. The highest BCUT2D eigenvalue weighted by molar-refractivity contribution is 9.10. The van der Waals surface area contributed by atoms with Crippen LogP contribution in [0.5, 0.6) is 0 Å². The molecule has 2 aromatic rings. The first-order valence-corrected chi connectivity index (χ1v) is 7.12. The Morgan fingerprint density at radius 3 is 2.64 bits per heavy atom. The summed E-state index contributed by atoms with van der Waals surface area (Å²) in [7, 11) is 0. The highest BCUT2D eigenvalue weighted by atomic mass is 79.9. The van der Waals surface area contributed by atoms with Gasteiger partial charge in [0.1, 0.15) is 10.4 Å². The number of nitrogen functional groups attached to an aromatic ring is 1. The van der Waals surface area contributed by atoms with Crippen LogP contribution in [0.2, 0.25) is 0 Å². The number of anilines is 2. The van der Waals surface area contributed by atoms with E-state index >= 15 is 0 Å². The molecule has 1 aliphatic heterocycles. The highest BCUT2D eigenvalue weighted by Crippen LogP contribution is 2.40. The average molecular weight is 364 g/mol. The SMILES string of the molecule is Nc1nc(Br)c2c(n1)NC(=O)CC2c1ccc([N+](=O)[O-])cc1. The molecule has 1 amide bonds. The van der Waals surface area contributed by atoms with Gasteiger partial charge in [-0.1, -0.05) is 12.1 Å². The molecule has 1 aliphatic rings. The molecule has 112 valence electrons. The molecule has 1 aromatic carbocycles. The Morgan fingerprint density at radius 2 is 2.00 bits per heavy atom. The Kier molecular flexibility index (Phi) is 3.49. The van der Waals surface area contributed by atoms with Crippen molar-refractivity contribution in [1.29, 1.82) is 0 Å². The van der Waals surface area contributed by atoms with Crippen LogP contribution in [-0.4, -0.2) is 20.8 Å². The van der Waals surface area contributed by atoms with Gasteiger partial charge in [0.15, 0.2) is 0 Å². The van der Waals surface area contributed by atoms with Crippen molar-refractivity contribution >= 4 is 39.3 Å². The summed E-state index contributed by atoms with van der Waals surface area (Å²) in [6, 6.07) is 6.09. The van der Waals surface area contributed by atoms with Gasteiger partial charge in [0.05, 0.1) is 4.92 Å². The number of non-ortho nitro benzene ring substituents is 1. The number of nitrogens with zero attached hydrogens (tertiary/aromatic N) is 3. The third kappa shape index (κ3) is 2.50. The number of hydrogen-bond donors (Lipinski definition) is 2. The number of nitro benzene ring substituents is 1. The monoisotopic (exact) mass is 363 g/mol. The van der Waals surface area contributed by atoms with Gasteiger partial charge in [0.25, 0.3) is 5.69 Å².